The minimum absolute atomic E-state index is 0.144. The van der Waals surface area contributed by atoms with Crippen LogP contribution in [0.5, 0.6) is 11.5 Å². The number of benzene rings is 2. The molecule has 2 amide bonds. The average molecular weight is 708 g/mol. The van der Waals surface area contributed by atoms with Crippen LogP contribution in [0.25, 0.3) is 11.2 Å². The van der Waals surface area contributed by atoms with E-state index in [1.807, 2.05) is 29.2 Å². The summed E-state index contributed by atoms with van der Waals surface area (Å²) in [4.78, 5) is 45.6. The lowest BCUT2D eigenvalue weighted by Crippen LogP contribution is -2.42. The van der Waals surface area contributed by atoms with Crippen LogP contribution in [-0.2, 0) is 4.79 Å². The van der Waals surface area contributed by atoms with E-state index in [0.29, 0.717) is 54.5 Å². The van der Waals surface area contributed by atoms with Gasteiger partial charge in [0.15, 0.2) is 17.0 Å². The van der Waals surface area contributed by atoms with Crippen molar-refractivity contribution in [2.75, 3.05) is 29.9 Å². The molecule has 5 aromatic rings. The number of phenolic OH excluding ortho intramolecular Hbond substituents is 2. The van der Waals surface area contributed by atoms with E-state index in [-0.39, 0.29) is 48.1 Å². The van der Waals surface area contributed by atoms with Gasteiger partial charge in [-0.3, -0.25) is 14.6 Å². The lowest BCUT2D eigenvalue weighted by Gasteiger charge is -2.22. The minimum atomic E-state index is -1.19. The third-order valence-corrected chi connectivity index (χ3v) is 9.90. The maximum atomic E-state index is 12.9. The zero-order valence-corrected chi connectivity index (χ0v) is 28.5. The molecule has 1 saturated carbocycles. The van der Waals surface area contributed by atoms with Crippen molar-refractivity contribution in [1.29, 1.82) is 0 Å². The molecular formula is C37H41N9O6. The molecule has 1 saturated heterocycles. The van der Waals surface area contributed by atoms with E-state index in [1.54, 1.807) is 66.6 Å². The second kappa shape index (κ2) is 14.8. The van der Waals surface area contributed by atoms with Crippen molar-refractivity contribution in [1.82, 2.24) is 35.1 Å². The molecule has 2 aromatic carbocycles. The molecule has 15 nitrogen and oxygen atoms in total. The van der Waals surface area contributed by atoms with Gasteiger partial charge in [0.2, 0.25) is 11.9 Å². The summed E-state index contributed by atoms with van der Waals surface area (Å²) in [5.41, 5.74) is 3.24. The summed E-state index contributed by atoms with van der Waals surface area (Å²) < 4.78 is 1.73. The largest absolute Gasteiger partial charge is 0.508 e. The number of hydrogen-bond acceptors (Lipinski definition) is 12. The number of hydrogen-bond donors (Lipinski definition) is 7. The van der Waals surface area contributed by atoms with E-state index in [4.69, 9.17) is 9.97 Å². The van der Waals surface area contributed by atoms with E-state index in [2.05, 4.69) is 25.9 Å². The first-order valence-electron chi connectivity index (χ1n) is 17.4. The SMILES string of the molecule is CCC(=O)N[C@H]1C[C@@H](n2cnc3c(NCC(c4ccc(O)cc4)c4ccc(O)cc4)nc(N4CCC(NC(=O)c5ccncc5)C4)nc32)[C@H](O)[C@@H]1O. The number of phenols is 2. The van der Waals surface area contributed by atoms with E-state index >= 15 is 0 Å². The van der Waals surface area contributed by atoms with Crippen molar-refractivity contribution in [2.45, 2.75) is 62.4 Å². The summed E-state index contributed by atoms with van der Waals surface area (Å²) in [6.45, 7) is 3.10. The highest BCUT2D eigenvalue weighted by Gasteiger charge is 2.44. The highest BCUT2D eigenvalue weighted by Crippen LogP contribution is 2.36. The number of amides is 2. The number of aliphatic hydroxyl groups is 2. The molecule has 5 atom stereocenters. The fourth-order valence-corrected chi connectivity index (χ4v) is 7.02. The quantitative estimate of drug-likeness (QED) is 0.106. The number of carbonyl (C=O) groups excluding carboxylic acids is 2. The van der Waals surface area contributed by atoms with Crippen molar-refractivity contribution < 1.29 is 30.0 Å². The first-order chi connectivity index (χ1) is 25.2. The third-order valence-electron chi connectivity index (χ3n) is 9.90. The van der Waals surface area contributed by atoms with Gasteiger partial charge in [-0.2, -0.15) is 9.97 Å². The predicted molar refractivity (Wildman–Crippen MR) is 192 cm³/mol. The van der Waals surface area contributed by atoms with Gasteiger partial charge >= 0.3 is 0 Å². The number of aliphatic hydroxyl groups excluding tert-OH is 2. The Labute approximate surface area is 299 Å². The Hall–Kier alpha value is -5.80. The Bertz CT molecular complexity index is 1980. The molecule has 2 aliphatic rings. The Morgan fingerprint density at radius 2 is 1.58 bits per heavy atom. The van der Waals surface area contributed by atoms with Crippen molar-refractivity contribution in [3.05, 3.63) is 96.1 Å². The van der Waals surface area contributed by atoms with Gasteiger partial charge < -0.3 is 45.8 Å². The second-order valence-electron chi connectivity index (χ2n) is 13.3. The Balaban J connectivity index is 1.22. The summed E-state index contributed by atoms with van der Waals surface area (Å²) in [6, 6.07) is 15.7. The minimum Gasteiger partial charge on any atom is -0.508 e. The lowest BCUT2D eigenvalue weighted by atomic mass is 9.91. The first-order valence-corrected chi connectivity index (χ1v) is 17.4. The summed E-state index contributed by atoms with van der Waals surface area (Å²) in [7, 11) is 0. The van der Waals surface area contributed by atoms with Gasteiger partial charge in [-0.25, -0.2) is 4.98 Å². The summed E-state index contributed by atoms with van der Waals surface area (Å²) >= 11 is 0. The number of anilines is 2. The number of aromatic hydroxyl groups is 2. The lowest BCUT2D eigenvalue weighted by molar-refractivity contribution is -0.122. The average Bonchev–Trinajstić information content (AvgIpc) is 3.88. The van der Waals surface area contributed by atoms with Crippen LogP contribution in [0, 0.1) is 0 Å². The van der Waals surface area contributed by atoms with Crippen molar-refractivity contribution in [3.63, 3.8) is 0 Å². The van der Waals surface area contributed by atoms with Gasteiger partial charge in [0, 0.05) is 56.0 Å². The maximum Gasteiger partial charge on any atom is 0.251 e. The van der Waals surface area contributed by atoms with Crippen molar-refractivity contribution in [2.24, 2.45) is 0 Å². The molecule has 1 aliphatic carbocycles. The third kappa shape index (κ3) is 7.18. The smallest absolute Gasteiger partial charge is 0.251 e. The van der Waals surface area contributed by atoms with Gasteiger partial charge in [-0.15, -0.1) is 0 Å². The monoisotopic (exact) mass is 707 g/mol. The van der Waals surface area contributed by atoms with Crippen molar-refractivity contribution in [3.8, 4) is 11.5 Å². The molecule has 270 valence electrons. The van der Waals surface area contributed by atoms with E-state index in [1.165, 1.54) is 0 Å². The molecule has 1 unspecified atom stereocenters. The zero-order valence-electron chi connectivity index (χ0n) is 28.5. The molecule has 15 heteroatoms. The number of nitrogens with one attached hydrogen (secondary N) is 3. The molecule has 3 aromatic heterocycles. The van der Waals surface area contributed by atoms with Gasteiger partial charge in [0.25, 0.3) is 5.91 Å². The standard InChI is InChI=1S/C37H41N9O6/c1-2-30(49)42-28-17-29(33(51)32(28)50)46-20-40-31-34(39-18-27(21-3-7-25(47)8-4-21)22-5-9-26(48)10-6-22)43-37(44-35(31)46)45-16-13-24(19-45)41-36(52)23-11-14-38-15-12-23/h3-12,14-15,20,24,27-29,32-33,47-48,50-51H,2,13,16-19H2,1H3,(H,41,52)(H,42,49)(H,39,43,44)/t24?,28-,29+,32+,33-/m0/s1. The molecule has 0 spiro atoms. The number of fused-ring (bicyclic) bond motifs is 1. The maximum absolute atomic E-state index is 12.9. The Morgan fingerprint density at radius 1 is 0.904 bits per heavy atom. The Kier molecular flexibility index (Phi) is 9.87. The van der Waals surface area contributed by atoms with Crippen LogP contribution in [0.4, 0.5) is 11.8 Å². The second-order valence-corrected chi connectivity index (χ2v) is 13.3. The van der Waals surface area contributed by atoms with E-state index in [9.17, 15) is 30.0 Å². The highest BCUT2D eigenvalue weighted by molar-refractivity contribution is 5.94. The number of aromatic nitrogens is 5. The molecule has 0 bridgehead atoms. The van der Waals surface area contributed by atoms with E-state index < -0.39 is 24.3 Å². The summed E-state index contributed by atoms with van der Waals surface area (Å²) in [5, 5.41) is 51.4. The number of carbonyl (C=O) groups is 2. The van der Waals surface area contributed by atoms with Gasteiger partial charge in [-0.05, 0) is 60.4 Å². The molecule has 7 N–H and O–H groups in total. The van der Waals surface area contributed by atoms with Crippen LogP contribution in [0.3, 0.4) is 0 Å². The van der Waals surface area contributed by atoms with E-state index in [0.717, 1.165) is 11.1 Å². The van der Waals surface area contributed by atoms with Crippen LogP contribution in [0.15, 0.2) is 79.4 Å². The summed E-state index contributed by atoms with van der Waals surface area (Å²) in [6.07, 6.45) is 3.51. The molecule has 2 fully saturated rings. The molecule has 0 radical (unpaired) electrons. The number of nitrogens with zero attached hydrogens (tertiary/aromatic N) is 6. The van der Waals surface area contributed by atoms with Gasteiger partial charge in [0.1, 0.15) is 23.7 Å². The van der Waals surface area contributed by atoms with Gasteiger partial charge in [0.05, 0.1) is 18.4 Å². The normalized spacial score (nSPS) is 21.5. The highest BCUT2D eigenvalue weighted by atomic mass is 16.3. The van der Waals surface area contributed by atoms with Gasteiger partial charge in [-0.1, -0.05) is 31.2 Å². The molecule has 1 aliphatic heterocycles. The predicted octanol–water partition coefficient (Wildman–Crippen LogP) is 2.45. The first kappa shape index (κ1) is 34.6. The fraction of sp³-hybridized carbons (Fsp3) is 0.351. The van der Waals surface area contributed by atoms with Crippen LogP contribution in [-0.4, -0.2) is 101 Å². The molecule has 7 rings (SSSR count). The van der Waals surface area contributed by atoms with Crippen LogP contribution in [0.2, 0.25) is 0 Å². The zero-order chi connectivity index (χ0) is 36.4. The number of pyridine rings is 1. The molecular weight excluding hydrogens is 666 g/mol. The molecule has 4 heterocycles. The van der Waals surface area contributed by atoms with Crippen LogP contribution in [0.1, 0.15) is 59.6 Å². The topological polar surface area (TPSA) is 211 Å². The van der Waals surface area contributed by atoms with Crippen molar-refractivity contribution >= 4 is 34.7 Å². The molecule has 52 heavy (non-hydrogen) atoms. The number of imidazole rings is 1. The fourth-order valence-electron chi connectivity index (χ4n) is 7.02. The Morgan fingerprint density at radius 3 is 2.23 bits per heavy atom. The summed E-state index contributed by atoms with van der Waals surface area (Å²) in [5.74, 6) is 0.488. The van der Waals surface area contributed by atoms with Crippen LogP contribution < -0.4 is 20.9 Å². The van der Waals surface area contributed by atoms with Crippen LogP contribution >= 0.6 is 0 Å². The number of rotatable bonds is 11.